The number of aromatic nitrogens is 2. The number of hydrogen-bond acceptors (Lipinski definition) is 5. The van der Waals surface area contributed by atoms with E-state index in [4.69, 9.17) is 9.72 Å². The number of morpholine rings is 1. The molecule has 1 aliphatic rings. The molecule has 5 nitrogen and oxygen atoms in total. The third kappa shape index (κ3) is 3.60. The molecule has 6 heteroatoms. The highest BCUT2D eigenvalue weighted by molar-refractivity contribution is 9.10. The van der Waals surface area contributed by atoms with Crippen LogP contribution >= 0.6 is 15.9 Å². The van der Waals surface area contributed by atoms with Crippen LogP contribution in [0.4, 0.5) is 11.6 Å². The highest BCUT2D eigenvalue weighted by Gasteiger charge is 2.15. The topological polar surface area (TPSA) is 50.3 Å². The summed E-state index contributed by atoms with van der Waals surface area (Å²) < 4.78 is 6.45. The van der Waals surface area contributed by atoms with E-state index in [0.29, 0.717) is 6.54 Å². The standard InChI is InChI=1S/C19H19BrN4O/c20-16-5-1-3-14-6-7-17(23-18(14)16)22-13-15-4-2-8-21-19(15)24-9-11-25-12-10-24/h1-8H,9-13H2,(H,22,23). The van der Waals surface area contributed by atoms with Gasteiger partial charge < -0.3 is 15.0 Å². The van der Waals surface area contributed by atoms with Gasteiger partial charge in [-0.1, -0.05) is 18.2 Å². The molecule has 0 amide bonds. The van der Waals surface area contributed by atoms with Crippen LogP contribution in [-0.2, 0) is 11.3 Å². The zero-order valence-electron chi connectivity index (χ0n) is 13.8. The predicted octanol–water partition coefficient (Wildman–Crippen LogP) is 3.84. The molecule has 0 spiro atoms. The molecule has 1 aliphatic heterocycles. The second kappa shape index (κ2) is 7.37. The van der Waals surface area contributed by atoms with Gasteiger partial charge in [-0.25, -0.2) is 9.97 Å². The molecule has 3 heterocycles. The molecule has 0 unspecified atom stereocenters. The molecule has 1 fully saturated rings. The van der Waals surface area contributed by atoms with E-state index in [2.05, 4.69) is 49.3 Å². The number of rotatable bonds is 4. The van der Waals surface area contributed by atoms with Gasteiger partial charge in [-0.15, -0.1) is 0 Å². The van der Waals surface area contributed by atoms with E-state index in [-0.39, 0.29) is 0 Å². The van der Waals surface area contributed by atoms with E-state index in [0.717, 1.165) is 53.3 Å². The third-order valence-electron chi connectivity index (χ3n) is 4.31. The molecule has 25 heavy (non-hydrogen) atoms. The molecule has 3 aromatic rings. The summed E-state index contributed by atoms with van der Waals surface area (Å²) in [6.45, 7) is 3.95. The average Bonchev–Trinajstić information content (AvgIpc) is 2.68. The maximum absolute atomic E-state index is 5.44. The number of anilines is 2. The van der Waals surface area contributed by atoms with Gasteiger partial charge in [0.15, 0.2) is 0 Å². The Balaban J connectivity index is 1.54. The van der Waals surface area contributed by atoms with Gasteiger partial charge in [-0.2, -0.15) is 0 Å². The molecule has 128 valence electrons. The van der Waals surface area contributed by atoms with Crippen LogP contribution in [0.5, 0.6) is 0 Å². The third-order valence-corrected chi connectivity index (χ3v) is 4.95. The van der Waals surface area contributed by atoms with Crippen LogP contribution in [0.2, 0.25) is 0 Å². The van der Waals surface area contributed by atoms with Gasteiger partial charge >= 0.3 is 0 Å². The summed E-state index contributed by atoms with van der Waals surface area (Å²) >= 11 is 3.57. The quantitative estimate of drug-likeness (QED) is 0.723. The Labute approximate surface area is 155 Å². The van der Waals surface area contributed by atoms with E-state index in [9.17, 15) is 0 Å². The zero-order chi connectivity index (χ0) is 17.1. The Kier molecular flexibility index (Phi) is 4.81. The van der Waals surface area contributed by atoms with Gasteiger partial charge in [0, 0.05) is 41.3 Å². The van der Waals surface area contributed by atoms with Crippen molar-refractivity contribution in [3.05, 3.63) is 58.7 Å². The fraction of sp³-hybridized carbons (Fsp3) is 0.263. The number of nitrogens with one attached hydrogen (secondary N) is 1. The first-order valence-corrected chi connectivity index (χ1v) is 9.16. The smallest absolute Gasteiger partial charge is 0.133 e. The van der Waals surface area contributed by atoms with Gasteiger partial charge in [-0.05, 0) is 40.2 Å². The van der Waals surface area contributed by atoms with Gasteiger partial charge in [0.2, 0.25) is 0 Å². The molecule has 1 saturated heterocycles. The van der Waals surface area contributed by atoms with Gasteiger partial charge in [0.05, 0.1) is 18.7 Å². The van der Waals surface area contributed by atoms with E-state index in [1.54, 1.807) is 0 Å². The van der Waals surface area contributed by atoms with Crippen molar-refractivity contribution in [2.24, 2.45) is 0 Å². The molecule has 0 bridgehead atoms. The summed E-state index contributed by atoms with van der Waals surface area (Å²) in [5.41, 5.74) is 2.13. The number of nitrogens with zero attached hydrogens (tertiary/aromatic N) is 3. The van der Waals surface area contributed by atoms with Crippen LogP contribution in [-0.4, -0.2) is 36.3 Å². The minimum absolute atomic E-state index is 0.684. The normalized spacial score (nSPS) is 14.7. The number of benzene rings is 1. The summed E-state index contributed by atoms with van der Waals surface area (Å²) in [4.78, 5) is 11.6. The van der Waals surface area contributed by atoms with Crippen LogP contribution in [0.15, 0.2) is 53.1 Å². The van der Waals surface area contributed by atoms with Crippen molar-refractivity contribution in [1.82, 2.24) is 9.97 Å². The molecule has 1 aromatic carbocycles. The van der Waals surface area contributed by atoms with Gasteiger partial charge in [0.1, 0.15) is 11.6 Å². The van der Waals surface area contributed by atoms with Crippen molar-refractivity contribution in [1.29, 1.82) is 0 Å². The number of halogens is 1. The predicted molar refractivity (Wildman–Crippen MR) is 104 cm³/mol. The zero-order valence-corrected chi connectivity index (χ0v) is 15.4. The summed E-state index contributed by atoms with van der Waals surface area (Å²) in [5, 5.41) is 4.55. The molecule has 0 saturated carbocycles. The van der Waals surface area contributed by atoms with E-state index < -0.39 is 0 Å². The number of hydrogen-bond donors (Lipinski definition) is 1. The van der Waals surface area contributed by atoms with E-state index >= 15 is 0 Å². The lowest BCUT2D eigenvalue weighted by Crippen LogP contribution is -2.37. The fourth-order valence-electron chi connectivity index (χ4n) is 3.02. The molecule has 0 aliphatic carbocycles. The van der Waals surface area contributed by atoms with E-state index in [1.165, 1.54) is 5.56 Å². The van der Waals surface area contributed by atoms with Crippen LogP contribution < -0.4 is 10.2 Å². The van der Waals surface area contributed by atoms with Crippen molar-refractivity contribution in [2.75, 3.05) is 36.5 Å². The molecule has 4 rings (SSSR count). The number of fused-ring (bicyclic) bond motifs is 1. The Morgan fingerprint density at radius 2 is 1.96 bits per heavy atom. The van der Waals surface area contributed by atoms with Crippen LogP contribution in [0.1, 0.15) is 5.56 Å². The maximum Gasteiger partial charge on any atom is 0.133 e. The first-order chi connectivity index (χ1) is 12.3. The summed E-state index contributed by atoms with van der Waals surface area (Å²) in [5.74, 6) is 1.89. The fourth-order valence-corrected chi connectivity index (χ4v) is 3.49. The second-order valence-electron chi connectivity index (χ2n) is 5.95. The summed E-state index contributed by atoms with van der Waals surface area (Å²) in [6.07, 6.45) is 1.85. The Morgan fingerprint density at radius 1 is 1.08 bits per heavy atom. The van der Waals surface area contributed by atoms with Crippen molar-refractivity contribution < 1.29 is 4.74 Å². The molecular weight excluding hydrogens is 380 g/mol. The lowest BCUT2D eigenvalue weighted by atomic mass is 10.2. The number of ether oxygens (including phenoxy) is 1. The minimum atomic E-state index is 0.684. The highest BCUT2D eigenvalue weighted by Crippen LogP contribution is 2.24. The summed E-state index contributed by atoms with van der Waals surface area (Å²) in [7, 11) is 0. The van der Waals surface area contributed by atoms with Crippen molar-refractivity contribution in [2.45, 2.75) is 6.54 Å². The van der Waals surface area contributed by atoms with Crippen molar-refractivity contribution in [3.63, 3.8) is 0 Å². The largest absolute Gasteiger partial charge is 0.378 e. The highest BCUT2D eigenvalue weighted by atomic mass is 79.9. The molecule has 0 radical (unpaired) electrons. The molecule has 2 aromatic heterocycles. The van der Waals surface area contributed by atoms with Gasteiger partial charge in [0.25, 0.3) is 0 Å². The first kappa shape index (κ1) is 16.3. The summed E-state index contributed by atoms with van der Waals surface area (Å²) in [6, 6.07) is 14.3. The van der Waals surface area contributed by atoms with Crippen LogP contribution in [0.3, 0.4) is 0 Å². The first-order valence-electron chi connectivity index (χ1n) is 8.37. The number of pyridine rings is 2. The lowest BCUT2D eigenvalue weighted by molar-refractivity contribution is 0.122. The van der Waals surface area contributed by atoms with Crippen LogP contribution in [0.25, 0.3) is 10.9 Å². The second-order valence-corrected chi connectivity index (χ2v) is 6.80. The maximum atomic E-state index is 5.44. The van der Waals surface area contributed by atoms with E-state index in [1.807, 2.05) is 30.5 Å². The Hall–Kier alpha value is -2.18. The van der Waals surface area contributed by atoms with Crippen molar-refractivity contribution >= 4 is 38.5 Å². The molecular formula is C19H19BrN4O. The number of para-hydroxylation sites is 1. The monoisotopic (exact) mass is 398 g/mol. The SMILES string of the molecule is Brc1cccc2ccc(NCc3cccnc3N3CCOCC3)nc12. The minimum Gasteiger partial charge on any atom is -0.378 e. The molecule has 0 atom stereocenters. The van der Waals surface area contributed by atoms with Crippen molar-refractivity contribution in [3.8, 4) is 0 Å². The molecule has 1 N–H and O–H groups in total. The Morgan fingerprint density at radius 3 is 2.84 bits per heavy atom. The van der Waals surface area contributed by atoms with Crippen LogP contribution in [0, 0.1) is 0 Å². The Bertz CT molecular complexity index is 880. The van der Waals surface area contributed by atoms with Gasteiger partial charge in [-0.3, -0.25) is 0 Å². The average molecular weight is 399 g/mol. The lowest BCUT2D eigenvalue weighted by Gasteiger charge is -2.29.